The fourth-order valence-electron chi connectivity index (χ4n) is 0.875. The molecule has 0 heterocycles. The number of unbranched alkanes of at least 4 members (excludes halogenated alkanes) is 3. The van der Waals surface area contributed by atoms with Gasteiger partial charge in [0, 0.05) is 6.92 Å². The Morgan fingerprint density at radius 3 is 2.75 bits per heavy atom. The van der Waals surface area contributed by atoms with E-state index in [0.29, 0.717) is 6.61 Å². The van der Waals surface area contributed by atoms with Crippen molar-refractivity contribution in [1.29, 1.82) is 0 Å². The molecule has 0 aliphatic carbocycles. The van der Waals surface area contributed by atoms with E-state index in [-0.39, 0.29) is 5.97 Å². The zero-order chi connectivity index (χ0) is 9.23. The van der Waals surface area contributed by atoms with Crippen molar-refractivity contribution >= 4 is 5.97 Å². The fraction of sp³-hybridized carbons (Fsp3) is 0.600. The van der Waals surface area contributed by atoms with Crippen LogP contribution in [-0.4, -0.2) is 12.6 Å². The van der Waals surface area contributed by atoms with Gasteiger partial charge in [0.05, 0.1) is 6.61 Å². The summed E-state index contributed by atoms with van der Waals surface area (Å²) in [6.45, 7) is 5.59. The number of carbonyl (C=O) groups excluding carboxylic acids is 1. The minimum absolute atomic E-state index is 0.187. The second-order valence-electron chi connectivity index (χ2n) is 2.66. The van der Waals surface area contributed by atoms with Crippen molar-refractivity contribution in [3.63, 3.8) is 0 Å². The topological polar surface area (TPSA) is 26.3 Å². The Labute approximate surface area is 74.6 Å². The van der Waals surface area contributed by atoms with Crippen LogP contribution in [0.15, 0.2) is 12.2 Å². The minimum Gasteiger partial charge on any atom is -0.466 e. The molecule has 1 radical (unpaired) electrons. The molecule has 0 aromatic heterocycles. The minimum atomic E-state index is -0.187. The molecule has 0 rings (SSSR count). The normalized spacial score (nSPS) is 10.5. The molecule has 2 nitrogen and oxygen atoms in total. The Morgan fingerprint density at radius 2 is 2.17 bits per heavy atom. The van der Waals surface area contributed by atoms with Crippen LogP contribution in [-0.2, 0) is 9.53 Å². The van der Waals surface area contributed by atoms with E-state index >= 15 is 0 Å². The van der Waals surface area contributed by atoms with E-state index in [2.05, 4.69) is 6.92 Å². The highest BCUT2D eigenvalue weighted by atomic mass is 16.5. The van der Waals surface area contributed by atoms with Crippen LogP contribution in [0.4, 0.5) is 0 Å². The summed E-state index contributed by atoms with van der Waals surface area (Å²) in [6, 6.07) is 0. The highest BCUT2D eigenvalue weighted by molar-refractivity contribution is 5.65. The maximum absolute atomic E-state index is 10.3. The monoisotopic (exact) mass is 169 g/mol. The predicted octanol–water partition coefficient (Wildman–Crippen LogP) is 2.50. The molecule has 12 heavy (non-hydrogen) atoms. The molecule has 0 unspecified atom stereocenters. The van der Waals surface area contributed by atoms with Gasteiger partial charge in [-0.3, -0.25) is 4.79 Å². The summed E-state index contributed by atoms with van der Waals surface area (Å²) in [5.41, 5.74) is 0. The second-order valence-corrected chi connectivity index (χ2v) is 2.66. The van der Waals surface area contributed by atoms with Crippen LogP contribution in [0.25, 0.3) is 0 Å². The summed E-state index contributed by atoms with van der Waals surface area (Å²) in [7, 11) is 0. The van der Waals surface area contributed by atoms with E-state index in [1.807, 2.05) is 12.2 Å². The Kier molecular flexibility index (Phi) is 7.76. The zero-order valence-electron chi connectivity index (χ0n) is 7.71. The molecule has 0 aliphatic rings. The Hall–Kier alpha value is -0.790. The lowest BCUT2D eigenvalue weighted by atomic mass is 10.2. The van der Waals surface area contributed by atoms with Crippen LogP contribution in [0.5, 0.6) is 0 Å². The highest BCUT2D eigenvalue weighted by Gasteiger charge is 1.91. The molecule has 0 atom stereocenters. The lowest BCUT2D eigenvalue weighted by molar-refractivity contribution is -0.141. The average Bonchev–Trinajstić information content (AvgIpc) is 2.02. The van der Waals surface area contributed by atoms with Crippen molar-refractivity contribution in [3.8, 4) is 0 Å². The number of allylic oxidation sites excluding steroid dienone is 2. The molecule has 2 heteroatoms. The van der Waals surface area contributed by atoms with Gasteiger partial charge in [-0.15, -0.1) is 0 Å². The van der Waals surface area contributed by atoms with Gasteiger partial charge in [-0.25, -0.2) is 0 Å². The fourth-order valence-corrected chi connectivity index (χ4v) is 0.875. The van der Waals surface area contributed by atoms with E-state index in [1.165, 1.54) is 6.92 Å². The molecule has 0 fully saturated rings. The first-order chi connectivity index (χ1) is 5.77. The number of esters is 1. The van der Waals surface area contributed by atoms with E-state index in [9.17, 15) is 4.79 Å². The molecule has 0 saturated heterocycles. The van der Waals surface area contributed by atoms with Gasteiger partial charge in [0.25, 0.3) is 0 Å². The summed E-state index contributed by atoms with van der Waals surface area (Å²) in [5, 5.41) is 0. The van der Waals surface area contributed by atoms with Crippen molar-refractivity contribution in [2.45, 2.75) is 32.6 Å². The summed E-state index contributed by atoms with van der Waals surface area (Å²) in [5.74, 6) is -0.187. The van der Waals surface area contributed by atoms with Crippen LogP contribution in [0.2, 0.25) is 0 Å². The number of hydrogen-bond acceptors (Lipinski definition) is 2. The average molecular weight is 169 g/mol. The quantitative estimate of drug-likeness (QED) is 0.451. The van der Waals surface area contributed by atoms with Gasteiger partial charge in [0.2, 0.25) is 0 Å². The summed E-state index contributed by atoms with van der Waals surface area (Å²) in [6.07, 6.45) is 8.15. The zero-order valence-corrected chi connectivity index (χ0v) is 7.71. The molecule has 0 amide bonds. The van der Waals surface area contributed by atoms with Crippen molar-refractivity contribution in [3.05, 3.63) is 19.1 Å². The van der Waals surface area contributed by atoms with Crippen molar-refractivity contribution < 1.29 is 9.53 Å². The molecule has 69 valence electrons. The first-order valence-corrected chi connectivity index (χ1v) is 4.35. The lowest BCUT2D eigenvalue weighted by Crippen LogP contribution is -1.99. The summed E-state index contributed by atoms with van der Waals surface area (Å²) < 4.78 is 4.78. The Balaban J connectivity index is 2.96. The smallest absolute Gasteiger partial charge is 0.302 e. The number of rotatable bonds is 6. The number of ether oxygens (including phenoxy) is 1. The molecule has 0 bridgehead atoms. The Bertz CT molecular complexity index is 139. The maximum atomic E-state index is 10.3. The van der Waals surface area contributed by atoms with Gasteiger partial charge in [0.1, 0.15) is 0 Å². The molecular weight excluding hydrogens is 152 g/mol. The second kappa shape index (κ2) is 8.31. The van der Waals surface area contributed by atoms with Gasteiger partial charge in [-0.2, -0.15) is 0 Å². The van der Waals surface area contributed by atoms with Crippen molar-refractivity contribution in [2.24, 2.45) is 0 Å². The highest BCUT2D eigenvalue weighted by Crippen LogP contribution is 2.00. The standard InChI is InChI=1S/C10H17O2/c1-3-4-5-6-7-8-9-12-10(2)11/h3-4H,1,5-9H2,2H3. The third-order valence-electron chi connectivity index (χ3n) is 1.49. The Morgan fingerprint density at radius 1 is 1.42 bits per heavy atom. The summed E-state index contributed by atoms with van der Waals surface area (Å²) in [4.78, 5) is 10.3. The molecule has 0 saturated carbocycles. The van der Waals surface area contributed by atoms with Gasteiger partial charge in [0.15, 0.2) is 0 Å². The largest absolute Gasteiger partial charge is 0.466 e. The molecule has 0 spiro atoms. The van der Waals surface area contributed by atoms with E-state index < -0.39 is 0 Å². The van der Waals surface area contributed by atoms with Gasteiger partial charge >= 0.3 is 5.97 Å². The first-order valence-electron chi connectivity index (χ1n) is 4.35. The van der Waals surface area contributed by atoms with E-state index in [1.54, 1.807) is 0 Å². The van der Waals surface area contributed by atoms with Crippen LogP contribution in [0.1, 0.15) is 32.6 Å². The SMILES string of the molecule is [CH2]C=CCCCCCOC(C)=O. The third-order valence-corrected chi connectivity index (χ3v) is 1.49. The van der Waals surface area contributed by atoms with Crippen molar-refractivity contribution in [2.75, 3.05) is 6.61 Å². The third kappa shape index (κ3) is 9.21. The summed E-state index contributed by atoms with van der Waals surface area (Å²) >= 11 is 0. The molecule has 0 N–H and O–H groups in total. The van der Waals surface area contributed by atoms with Crippen molar-refractivity contribution in [1.82, 2.24) is 0 Å². The molecule has 0 aromatic carbocycles. The van der Waals surface area contributed by atoms with Crippen LogP contribution < -0.4 is 0 Å². The molecular formula is C10H17O2. The van der Waals surface area contributed by atoms with E-state index in [4.69, 9.17) is 4.74 Å². The van der Waals surface area contributed by atoms with Crippen LogP contribution >= 0.6 is 0 Å². The maximum Gasteiger partial charge on any atom is 0.302 e. The van der Waals surface area contributed by atoms with Gasteiger partial charge in [-0.05, 0) is 32.6 Å². The molecule has 0 aliphatic heterocycles. The van der Waals surface area contributed by atoms with E-state index in [0.717, 1.165) is 25.7 Å². The molecule has 0 aromatic rings. The number of hydrogen-bond donors (Lipinski definition) is 0. The van der Waals surface area contributed by atoms with Crippen LogP contribution in [0, 0.1) is 6.92 Å². The van der Waals surface area contributed by atoms with Gasteiger partial charge in [-0.1, -0.05) is 12.2 Å². The van der Waals surface area contributed by atoms with Crippen LogP contribution in [0.3, 0.4) is 0 Å². The lowest BCUT2D eigenvalue weighted by Gasteiger charge is -1.99. The number of carbonyl (C=O) groups is 1. The first kappa shape index (κ1) is 11.2. The van der Waals surface area contributed by atoms with Gasteiger partial charge < -0.3 is 4.74 Å². The predicted molar refractivity (Wildman–Crippen MR) is 49.6 cm³/mol.